The summed E-state index contributed by atoms with van der Waals surface area (Å²) in [7, 11) is 3.45. The predicted octanol–water partition coefficient (Wildman–Crippen LogP) is 6.29. The standard InChI is InChI=1S/C25H35FO3/c1-4-5-6-10-20-14-15-23(17-25(20)26)29-19-22-11-7-8-13-24(22)21(18-28-3)12-9-16-27-2/h7-8,11,13-15,17,21H,4-6,9-10,12,16,18-19H2,1-3H3. The Morgan fingerprint density at radius 2 is 1.76 bits per heavy atom. The Hall–Kier alpha value is -1.91. The molecule has 0 bridgehead atoms. The minimum absolute atomic E-state index is 0.177. The third-order valence-corrected chi connectivity index (χ3v) is 5.23. The van der Waals surface area contributed by atoms with Crippen molar-refractivity contribution in [2.24, 2.45) is 0 Å². The van der Waals surface area contributed by atoms with Crippen LogP contribution in [0, 0.1) is 5.82 Å². The lowest BCUT2D eigenvalue weighted by Gasteiger charge is -2.20. The normalized spacial score (nSPS) is 12.1. The van der Waals surface area contributed by atoms with Gasteiger partial charge in [-0.15, -0.1) is 0 Å². The second-order valence-electron chi connectivity index (χ2n) is 7.49. The van der Waals surface area contributed by atoms with Gasteiger partial charge in [0.25, 0.3) is 0 Å². The van der Waals surface area contributed by atoms with E-state index in [2.05, 4.69) is 19.1 Å². The first-order chi connectivity index (χ1) is 14.2. The van der Waals surface area contributed by atoms with Crippen molar-refractivity contribution >= 4 is 0 Å². The van der Waals surface area contributed by atoms with Crippen LogP contribution in [0.4, 0.5) is 4.39 Å². The maximum Gasteiger partial charge on any atom is 0.130 e. The zero-order valence-corrected chi connectivity index (χ0v) is 18.1. The van der Waals surface area contributed by atoms with Gasteiger partial charge < -0.3 is 14.2 Å². The first kappa shape index (κ1) is 23.4. The molecule has 1 unspecified atom stereocenters. The fourth-order valence-corrected chi connectivity index (χ4v) is 3.61. The zero-order chi connectivity index (χ0) is 20.9. The third kappa shape index (κ3) is 7.79. The smallest absolute Gasteiger partial charge is 0.130 e. The monoisotopic (exact) mass is 402 g/mol. The number of rotatable bonds is 14. The maximum absolute atomic E-state index is 14.4. The molecule has 0 saturated heterocycles. The van der Waals surface area contributed by atoms with E-state index in [1.54, 1.807) is 14.2 Å². The Bertz CT molecular complexity index is 717. The summed E-state index contributed by atoms with van der Waals surface area (Å²) in [6, 6.07) is 13.5. The molecule has 0 fully saturated rings. The number of unbranched alkanes of at least 4 members (excludes halogenated alkanes) is 2. The van der Waals surface area contributed by atoms with Gasteiger partial charge in [-0.25, -0.2) is 4.39 Å². The summed E-state index contributed by atoms with van der Waals surface area (Å²) in [4.78, 5) is 0. The predicted molar refractivity (Wildman–Crippen MR) is 116 cm³/mol. The molecule has 160 valence electrons. The van der Waals surface area contributed by atoms with Crippen LogP contribution in [0.1, 0.15) is 61.6 Å². The van der Waals surface area contributed by atoms with Crippen LogP contribution < -0.4 is 4.74 Å². The molecule has 3 nitrogen and oxygen atoms in total. The van der Waals surface area contributed by atoms with Crippen molar-refractivity contribution in [3.63, 3.8) is 0 Å². The Morgan fingerprint density at radius 1 is 0.931 bits per heavy atom. The molecule has 0 heterocycles. The van der Waals surface area contributed by atoms with E-state index in [0.29, 0.717) is 19.0 Å². The molecule has 2 aromatic rings. The molecule has 4 heteroatoms. The van der Waals surface area contributed by atoms with E-state index >= 15 is 0 Å². The van der Waals surface area contributed by atoms with E-state index in [-0.39, 0.29) is 11.7 Å². The summed E-state index contributed by atoms with van der Waals surface area (Å²) >= 11 is 0. The number of ether oxygens (including phenoxy) is 3. The van der Waals surface area contributed by atoms with Crippen LogP contribution in [-0.2, 0) is 22.5 Å². The lowest BCUT2D eigenvalue weighted by molar-refractivity contribution is 0.158. The van der Waals surface area contributed by atoms with Crippen LogP contribution in [0.15, 0.2) is 42.5 Å². The third-order valence-electron chi connectivity index (χ3n) is 5.23. The van der Waals surface area contributed by atoms with E-state index in [1.165, 1.54) is 11.6 Å². The van der Waals surface area contributed by atoms with E-state index < -0.39 is 0 Å². The quantitative estimate of drug-likeness (QED) is 0.347. The average molecular weight is 403 g/mol. The minimum Gasteiger partial charge on any atom is -0.489 e. The minimum atomic E-state index is -0.177. The van der Waals surface area contributed by atoms with Crippen molar-refractivity contribution in [1.82, 2.24) is 0 Å². The summed E-state index contributed by atoms with van der Waals surface area (Å²) in [6.45, 7) is 3.96. The van der Waals surface area contributed by atoms with Crippen LogP contribution >= 0.6 is 0 Å². The number of hydrogen-bond acceptors (Lipinski definition) is 3. The van der Waals surface area contributed by atoms with Gasteiger partial charge in [0, 0.05) is 32.8 Å². The van der Waals surface area contributed by atoms with Gasteiger partial charge >= 0.3 is 0 Å². The van der Waals surface area contributed by atoms with Crippen LogP contribution in [0.2, 0.25) is 0 Å². The maximum atomic E-state index is 14.4. The highest BCUT2D eigenvalue weighted by atomic mass is 19.1. The topological polar surface area (TPSA) is 27.7 Å². The van der Waals surface area contributed by atoms with Gasteiger partial charge in [-0.3, -0.25) is 0 Å². The van der Waals surface area contributed by atoms with E-state index in [4.69, 9.17) is 14.2 Å². The highest BCUT2D eigenvalue weighted by Crippen LogP contribution is 2.27. The number of hydrogen-bond donors (Lipinski definition) is 0. The molecule has 0 saturated carbocycles. The first-order valence-electron chi connectivity index (χ1n) is 10.7. The van der Waals surface area contributed by atoms with Crippen molar-refractivity contribution in [1.29, 1.82) is 0 Å². The van der Waals surface area contributed by atoms with Crippen molar-refractivity contribution in [3.05, 3.63) is 65.0 Å². The van der Waals surface area contributed by atoms with Gasteiger partial charge in [-0.05, 0) is 48.4 Å². The van der Waals surface area contributed by atoms with Gasteiger partial charge in [0.1, 0.15) is 18.2 Å². The second-order valence-corrected chi connectivity index (χ2v) is 7.49. The Labute approximate surface area is 175 Å². The fraction of sp³-hybridized carbons (Fsp3) is 0.520. The van der Waals surface area contributed by atoms with Gasteiger partial charge in [-0.1, -0.05) is 50.1 Å². The Morgan fingerprint density at radius 3 is 2.48 bits per heavy atom. The van der Waals surface area contributed by atoms with Gasteiger partial charge in [-0.2, -0.15) is 0 Å². The zero-order valence-electron chi connectivity index (χ0n) is 18.1. The lowest BCUT2D eigenvalue weighted by atomic mass is 9.91. The highest BCUT2D eigenvalue weighted by Gasteiger charge is 2.15. The Balaban J connectivity index is 2.04. The van der Waals surface area contributed by atoms with Crippen LogP contribution in [0.5, 0.6) is 5.75 Å². The number of methoxy groups -OCH3 is 2. The number of halogens is 1. The van der Waals surface area contributed by atoms with Gasteiger partial charge in [0.05, 0.1) is 6.61 Å². The molecule has 0 aromatic heterocycles. The highest BCUT2D eigenvalue weighted by molar-refractivity contribution is 5.32. The molecule has 0 spiro atoms. The number of aryl methyl sites for hydroxylation is 1. The molecular weight excluding hydrogens is 367 g/mol. The fourth-order valence-electron chi connectivity index (χ4n) is 3.61. The molecule has 0 radical (unpaired) electrons. The van der Waals surface area contributed by atoms with Crippen LogP contribution in [0.25, 0.3) is 0 Å². The summed E-state index contributed by atoms with van der Waals surface area (Å²) in [5.74, 6) is 0.676. The Kier molecular flexibility index (Phi) is 10.7. The molecule has 0 aliphatic heterocycles. The summed E-state index contributed by atoms with van der Waals surface area (Å²) in [5.41, 5.74) is 3.10. The summed E-state index contributed by atoms with van der Waals surface area (Å²) in [5, 5.41) is 0. The van der Waals surface area contributed by atoms with Crippen LogP contribution in [0.3, 0.4) is 0 Å². The van der Waals surface area contributed by atoms with E-state index in [9.17, 15) is 4.39 Å². The average Bonchev–Trinajstić information content (AvgIpc) is 2.73. The summed E-state index contributed by atoms with van der Waals surface area (Å²) < 4.78 is 31.0. The SMILES string of the molecule is CCCCCc1ccc(OCc2ccccc2C(CCCOC)COC)cc1F. The van der Waals surface area contributed by atoms with E-state index in [0.717, 1.165) is 56.3 Å². The lowest BCUT2D eigenvalue weighted by Crippen LogP contribution is -2.11. The van der Waals surface area contributed by atoms with Gasteiger partial charge in [0.15, 0.2) is 0 Å². The van der Waals surface area contributed by atoms with Crippen LogP contribution in [-0.4, -0.2) is 27.4 Å². The molecule has 0 N–H and O–H groups in total. The van der Waals surface area contributed by atoms with Crippen molar-refractivity contribution < 1.29 is 18.6 Å². The summed E-state index contributed by atoms with van der Waals surface area (Å²) in [6.07, 6.45) is 6.03. The molecule has 0 aliphatic carbocycles. The molecule has 0 aliphatic rings. The van der Waals surface area contributed by atoms with E-state index in [1.807, 2.05) is 24.3 Å². The largest absolute Gasteiger partial charge is 0.489 e. The molecule has 1 atom stereocenters. The molecule has 0 amide bonds. The van der Waals surface area contributed by atoms with Gasteiger partial charge in [0.2, 0.25) is 0 Å². The second kappa shape index (κ2) is 13.3. The first-order valence-corrected chi connectivity index (χ1v) is 10.7. The molecule has 2 aromatic carbocycles. The van der Waals surface area contributed by atoms with Crippen molar-refractivity contribution in [2.45, 2.75) is 58.0 Å². The molecular formula is C25H35FO3. The van der Waals surface area contributed by atoms with Crippen molar-refractivity contribution in [3.8, 4) is 5.75 Å². The molecule has 29 heavy (non-hydrogen) atoms. The molecule has 2 rings (SSSR count). The van der Waals surface area contributed by atoms with Crippen molar-refractivity contribution in [2.75, 3.05) is 27.4 Å². The number of benzene rings is 2.